The van der Waals surface area contributed by atoms with E-state index in [2.05, 4.69) is 12.2 Å². The summed E-state index contributed by atoms with van der Waals surface area (Å²) < 4.78 is 10.7. The molecule has 6 nitrogen and oxygen atoms in total. The molecular weight excluding hydrogens is 376 g/mol. The van der Waals surface area contributed by atoms with Crippen LogP contribution in [0.25, 0.3) is 0 Å². The van der Waals surface area contributed by atoms with Crippen LogP contribution in [-0.2, 0) is 9.59 Å². The zero-order valence-electron chi connectivity index (χ0n) is 17.3. The normalized spacial score (nSPS) is 18.8. The lowest BCUT2D eigenvalue weighted by atomic mass is 10.1. The molecule has 1 aliphatic rings. The minimum absolute atomic E-state index is 0.0177. The van der Waals surface area contributed by atoms with E-state index < -0.39 is 6.04 Å². The number of hydrogen-bond donors (Lipinski definition) is 1. The lowest BCUT2D eigenvalue weighted by Crippen LogP contribution is -2.48. The third-order valence-electron chi connectivity index (χ3n) is 4.92. The molecule has 1 heterocycles. The first-order valence-electron chi connectivity index (χ1n) is 9.99. The van der Waals surface area contributed by atoms with Gasteiger partial charge in [0.05, 0.1) is 14.2 Å². The molecule has 2 rings (SSSR count). The summed E-state index contributed by atoms with van der Waals surface area (Å²) >= 11 is 1.61. The second-order valence-electron chi connectivity index (χ2n) is 6.82. The summed E-state index contributed by atoms with van der Waals surface area (Å²) in [6.45, 7) is 4.66. The Morgan fingerprint density at radius 2 is 1.89 bits per heavy atom. The first-order chi connectivity index (χ1) is 13.6. The summed E-state index contributed by atoms with van der Waals surface area (Å²) in [5.74, 6) is 1.77. The predicted molar refractivity (Wildman–Crippen MR) is 113 cm³/mol. The van der Waals surface area contributed by atoms with Crippen molar-refractivity contribution in [1.29, 1.82) is 0 Å². The highest BCUT2D eigenvalue weighted by Gasteiger charge is 2.41. The summed E-state index contributed by atoms with van der Waals surface area (Å²) in [5.41, 5.74) is 0.933. The lowest BCUT2D eigenvalue weighted by molar-refractivity contribution is -0.139. The van der Waals surface area contributed by atoms with Gasteiger partial charge in [-0.3, -0.25) is 9.59 Å². The maximum atomic E-state index is 12.7. The number of thioether (sulfide) groups is 1. The van der Waals surface area contributed by atoms with E-state index in [1.807, 2.05) is 25.1 Å². The molecule has 1 aliphatic heterocycles. The Kier molecular flexibility index (Phi) is 8.96. The van der Waals surface area contributed by atoms with E-state index in [1.165, 1.54) is 12.8 Å². The number of nitrogens with one attached hydrogen (secondary N) is 1. The number of nitrogens with zero attached hydrogens (tertiary/aromatic N) is 1. The second kappa shape index (κ2) is 11.2. The summed E-state index contributed by atoms with van der Waals surface area (Å²) in [6, 6.07) is 5.21. The molecule has 0 spiro atoms. The summed E-state index contributed by atoms with van der Waals surface area (Å²) in [4.78, 5) is 27.2. The zero-order chi connectivity index (χ0) is 20.5. The minimum Gasteiger partial charge on any atom is -0.493 e. The first kappa shape index (κ1) is 22.4. The van der Waals surface area contributed by atoms with Crippen molar-refractivity contribution in [3.63, 3.8) is 0 Å². The van der Waals surface area contributed by atoms with Crippen molar-refractivity contribution in [2.24, 2.45) is 0 Å². The average molecular weight is 409 g/mol. The van der Waals surface area contributed by atoms with E-state index in [0.29, 0.717) is 30.2 Å². The van der Waals surface area contributed by atoms with Gasteiger partial charge in [-0.05, 0) is 24.1 Å². The number of methoxy groups -OCH3 is 2. The molecule has 1 N–H and O–H groups in total. The van der Waals surface area contributed by atoms with E-state index in [4.69, 9.17) is 9.47 Å². The number of amides is 2. The molecule has 0 radical (unpaired) electrons. The van der Waals surface area contributed by atoms with Crippen molar-refractivity contribution >= 4 is 23.6 Å². The molecule has 28 heavy (non-hydrogen) atoms. The Morgan fingerprint density at radius 1 is 1.14 bits per heavy atom. The molecule has 2 amide bonds. The largest absolute Gasteiger partial charge is 0.493 e. The summed E-state index contributed by atoms with van der Waals surface area (Å²) in [5, 5.41) is 2.81. The maximum Gasteiger partial charge on any atom is 0.243 e. The Balaban J connectivity index is 2.14. The Morgan fingerprint density at radius 3 is 2.54 bits per heavy atom. The van der Waals surface area contributed by atoms with Crippen molar-refractivity contribution in [2.45, 2.75) is 57.4 Å². The van der Waals surface area contributed by atoms with Gasteiger partial charge in [0.2, 0.25) is 11.8 Å². The summed E-state index contributed by atoms with van der Waals surface area (Å²) in [7, 11) is 3.18. The lowest BCUT2D eigenvalue weighted by Gasteiger charge is -2.29. The molecule has 0 bridgehead atoms. The van der Waals surface area contributed by atoms with Crippen molar-refractivity contribution in [2.75, 3.05) is 26.5 Å². The van der Waals surface area contributed by atoms with Gasteiger partial charge < -0.3 is 19.7 Å². The molecule has 1 aromatic carbocycles. The number of hydrogen-bond acceptors (Lipinski definition) is 5. The average Bonchev–Trinajstić information content (AvgIpc) is 3.17. The van der Waals surface area contributed by atoms with Gasteiger partial charge >= 0.3 is 0 Å². The van der Waals surface area contributed by atoms with Crippen molar-refractivity contribution in [1.82, 2.24) is 10.2 Å². The Hall–Kier alpha value is -1.89. The van der Waals surface area contributed by atoms with Crippen LogP contribution >= 0.6 is 11.8 Å². The fourth-order valence-corrected chi connectivity index (χ4v) is 4.78. The van der Waals surface area contributed by atoms with E-state index in [1.54, 1.807) is 30.9 Å². The van der Waals surface area contributed by atoms with Crippen LogP contribution in [0.3, 0.4) is 0 Å². The highest BCUT2D eigenvalue weighted by Crippen LogP contribution is 2.44. The van der Waals surface area contributed by atoms with Crippen molar-refractivity contribution in [3.8, 4) is 11.5 Å². The van der Waals surface area contributed by atoms with Gasteiger partial charge in [-0.15, -0.1) is 11.8 Å². The molecule has 0 aromatic heterocycles. The smallest absolute Gasteiger partial charge is 0.243 e. The standard InChI is InChI=1S/C21H32N2O4S/c1-5-7-8-9-12-22-20(25)16-14-28-21(23(16)19(24)6-2)15-10-11-17(26-3)18(13-15)27-4/h10-11,13,16,21H,5-9,12,14H2,1-4H3,(H,22,25)/t16-,21+/m1/s1. The molecule has 0 aliphatic carbocycles. The first-order valence-corrected chi connectivity index (χ1v) is 11.0. The third-order valence-corrected chi connectivity index (χ3v) is 6.24. The fourth-order valence-electron chi connectivity index (χ4n) is 3.34. The van der Waals surface area contributed by atoms with E-state index >= 15 is 0 Å². The van der Waals surface area contributed by atoms with Crippen molar-refractivity contribution in [3.05, 3.63) is 23.8 Å². The monoisotopic (exact) mass is 408 g/mol. The fraction of sp³-hybridized carbons (Fsp3) is 0.619. The minimum atomic E-state index is -0.443. The number of benzene rings is 1. The zero-order valence-corrected chi connectivity index (χ0v) is 18.1. The van der Waals surface area contributed by atoms with Gasteiger partial charge in [-0.1, -0.05) is 39.2 Å². The highest BCUT2D eigenvalue weighted by atomic mass is 32.2. The van der Waals surface area contributed by atoms with Crippen LogP contribution in [0, 0.1) is 0 Å². The van der Waals surface area contributed by atoms with Crippen LogP contribution in [0.5, 0.6) is 11.5 Å². The van der Waals surface area contributed by atoms with Gasteiger partial charge in [0.1, 0.15) is 11.4 Å². The maximum absolute atomic E-state index is 12.7. The van der Waals surface area contributed by atoms with Crippen LogP contribution in [0.15, 0.2) is 18.2 Å². The molecule has 1 aromatic rings. The topological polar surface area (TPSA) is 67.9 Å². The number of carbonyl (C=O) groups excluding carboxylic acids is 2. The van der Waals surface area contributed by atoms with Crippen molar-refractivity contribution < 1.29 is 19.1 Å². The van der Waals surface area contributed by atoms with E-state index in [9.17, 15) is 9.59 Å². The third kappa shape index (κ3) is 5.34. The molecule has 7 heteroatoms. The van der Waals surface area contributed by atoms with E-state index in [0.717, 1.165) is 18.4 Å². The second-order valence-corrected chi connectivity index (χ2v) is 7.94. The SMILES string of the molecule is CCCCCCNC(=O)[C@H]1CS[C@@H](c2ccc(OC)c(OC)c2)N1C(=O)CC. The molecule has 156 valence electrons. The quantitative estimate of drug-likeness (QED) is 0.597. The molecule has 0 unspecified atom stereocenters. The predicted octanol–water partition coefficient (Wildman–Crippen LogP) is 3.75. The number of rotatable bonds is 10. The molecule has 1 saturated heterocycles. The molecule has 1 fully saturated rings. The van der Waals surface area contributed by atoms with Gasteiger partial charge in [-0.25, -0.2) is 0 Å². The van der Waals surface area contributed by atoms with Gasteiger partial charge in [-0.2, -0.15) is 0 Å². The number of carbonyl (C=O) groups is 2. The van der Waals surface area contributed by atoms with Crippen LogP contribution in [0.2, 0.25) is 0 Å². The molecule has 2 atom stereocenters. The molecular formula is C21H32N2O4S. The number of ether oxygens (including phenoxy) is 2. The van der Waals surface area contributed by atoms with Crippen LogP contribution in [-0.4, -0.2) is 49.3 Å². The number of unbranched alkanes of at least 4 members (excludes halogenated alkanes) is 3. The Labute approximate surface area is 172 Å². The van der Waals surface area contributed by atoms with Crippen LogP contribution in [0.1, 0.15) is 56.9 Å². The van der Waals surface area contributed by atoms with Crippen LogP contribution in [0.4, 0.5) is 0 Å². The molecule has 0 saturated carbocycles. The van der Waals surface area contributed by atoms with Gasteiger partial charge in [0, 0.05) is 18.7 Å². The Bertz CT molecular complexity index is 668. The van der Waals surface area contributed by atoms with Gasteiger partial charge in [0.15, 0.2) is 11.5 Å². The van der Waals surface area contributed by atoms with Crippen LogP contribution < -0.4 is 14.8 Å². The van der Waals surface area contributed by atoms with E-state index in [-0.39, 0.29) is 17.2 Å². The highest BCUT2D eigenvalue weighted by molar-refractivity contribution is 7.99. The summed E-state index contributed by atoms with van der Waals surface area (Å²) in [6.07, 6.45) is 4.79. The van der Waals surface area contributed by atoms with Gasteiger partial charge in [0.25, 0.3) is 0 Å².